The number of hydrogen-bond acceptors (Lipinski definition) is 2. The second-order valence-electron chi connectivity index (χ2n) is 5.63. The van der Waals surface area contributed by atoms with E-state index >= 15 is 0 Å². The van der Waals surface area contributed by atoms with Gasteiger partial charge in [0.25, 0.3) is 0 Å². The van der Waals surface area contributed by atoms with Crippen molar-refractivity contribution in [2.75, 3.05) is 23.3 Å². The molecule has 2 nitrogen and oxygen atoms in total. The standard InChI is InChI=1S/C18H21FN2/c1-14(15-7-6-8-16(19)13-15)20-17-9-2-3-10-18(17)21-11-4-5-12-21/h2-3,6-10,13-14,20H,4-5,11-12H2,1H3. The van der Waals surface area contributed by atoms with Crippen molar-refractivity contribution in [2.45, 2.75) is 25.8 Å². The average Bonchev–Trinajstić information content (AvgIpc) is 3.02. The van der Waals surface area contributed by atoms with E-state index in [4.69, 9.17) is 0 Å². The Morgan fingerprint density at radius 3 is 2.57 bits per heavy atom. The first-order valence-corrected chi connectivity index (χ1v) is 7.60. The first-order chi connectivity index (χ1) is 10.2. The average molecular weight is 284 g/mol. The van der Waals surface area contributed by atoms with Gasteiger partial charge in [-0.15, -0.1) is 0 Å². The van der Waals surface area contributed by atoms with Crippen molar-refractivity contribution < 1.29 is 4.39 Å². The lowest BCUT2D eigenvalue weighted by Gasteiger charge is -2.24. The Kier molecular flexibility index (Phi) is 4.09. The van der Waals surface area contributed by atoms with E-state index in [0.29, 0.717) is 0 Å². The van der Waals surface area contributed by atoms with Crippen LogP contribution in [0.4, 0.5) is 15.8 Å². The Hall–Kier alpha value is -2.03. The predicted octanol–water partition coefficient (Wildman–Crippen LogP) is 4.60. The van der Waals surface area contributed by atoms with Crippen molar-refractivity contribution >= 4 is 11.4 Å². The Morgan fingerprint density at radius 1 is 1.05 bits per heavy atom. The number of hydrogen-bond donors (Lipinski definition) is 1. The Labute approximate surface area is 125 Å². The summed E-state index contributed by atoms with van der Waals surface area (Å²) in [7, 11) is 0. The minimum Gasteiger partial charge on any atom is -0.377 e. The first kappa shape index (κ1) is 13.9. The summed E-state index contributed by atoms with van der Waals surface area (Å²) in [6, 6.07) is 15.2. The highest BCUT2D eigenvalue weighted by Crippen LogP contribution is 2.31. The summed E-state index contributed by atoms with van der Waals surface area (Å²) in [6.07, 6.45) is 2.52. The van der Waals surface area contributed by atoms with E-state index in [2.05, 4.69) is 35.3 Å². The van der Waals surface area contributed by atoms with Crippen LogP contribution in [0.15, 0.2) is 48.5 Å². The van der Waals surface area contributed by atoms with Crippen molar-refractivity contribution in [3.63, 3.8) is 0 Å². The third-order valence-corrected chi connectivity index (χ3v) is 4.07. The minimum atomic E-state index is -0.186. The molecule has 1 heterocycles. The van der Waals surface area contributed by atoms with Crippen LogP contribution in [0.25, 0.3) is 0 Å². The van der Waals surface area contributed by atoms with Crippen LogP contribution >= 0.6 is 0 Å². The fourth-order valence-electron chi connectivity index (χ4n) is 2.92. The smallest absolute Gasteiger partial charge is 0.123 e. The van der Waals surface area contributed by atoms with Gasteiger partial charge in [-0.3, -0.25) is 0 Å². The maximum absolute atomic E-state index is 13.4. The number of nitrogens with one attached hydrogen (secondary N) is 1. The summed E-state index contributed by atoms with van der Waals surface area (Å²) in [6.45, 7) is 4.30. The molecule has 3 rings (SSSR count). The van der Waals surface area contributed by atoms with Gasteiger partial charge in [-0.05, 0) is 49.6 Å². The van der Waals surface area contributed by atoms with Gasteiger partial charge in [0.2, 0.25) is 0 Å². The van der Waals surface area contributed by atoms with Gasteiger partial charge < -0.3 is 10.2 Å². The predicted molar refractivity (Wildman–Crippen MR) is 86.3 cm³/mol. The molecule has 1 fully saturated rings. The molecule has 0 radical (unpaired) electrons. The highest BCUT2D eigenvalue weighted by Gasteiger charge is 2.16. The fraction of sp³-hybridized carbons (Fsp3) is 0.333. The SMILES string of the molecule is CC(Nc1ccccc1N1CCCC1)c1cccc(F)c1. The number of anilines is 2. The molecule has 0 bridgehead atoms. The van der Waals surface area contributed by atoms with Crippen molar-refractivity contribution in [3.05, 3.63) is 59.9 Å². The van der Waals surface area contributed by atoms with E-state index in [1.165, 1.54) is 24.6 Å². The summed E-state index contributed by atoms with van der Waals surface area (Å²) < 4.78 is 13.4. The molecule has 1 N–H and O–H groups in total. The van der Waals surface area contributed by atoms with Crippen molar-refractivity contribution in [2.24, 2.45) is 0 Å². The van der Waals surface area contributed by atoms with Gasteiger partial charge in [-0.2, -0.15) is 0 Å². The molecule has 2 aromatic rings. The lowest BCUT2D eigenvalue weighted by molar-refractivity contribution is 0.623. The first-order valence-electron chi connectivity index (χ1n) is 7.60. The van der Waals surface area contributed by atoms with Crippen molar-refractivity contribution in [3.8, 4) is 0 Å². The van der Waals surface area contributed by atoms with E-state index in [-0.39, 0.29) is 11.9 Å². The lowest BCUT2D eigenvalue weighted by Crippen LogP contribution is -2.20. The summed E-state index contributed by atoms with van der Waals surface area (Å²) >= 11 is 0. The summed E-state index contributed by atoms with van der Waals surface area (Å²) in [5.74, 6) is -0.186. The quantitative estimate of drug-likeness (QED) is 0.882. The zero-order chi connectivity index (χ0) is 14.7. The molecular formula is C18H21FN2. The maximum atomic E-state index is 13.4. The molecule has 1 atom stereocenters. The third kappa shape index (κ3) is 3.18. The van der Waals surface area contributed by atoms with Gasteiger partial charge in [0.1, 0.15) is 5.82 Å². The normalized spacial score (nSPS) is 16.0. The Bertz CT molecular complexity index is 606. The van der Waals surface area contributed by atoms with Gasteiger partial charge in [0.15, 0.2) is 0 Å². The van der Waals surface area contributed by atoms with E-state index in [1.54, 1.807) is 12.1 Å². The van der Waals surface area contributed by atoms with Crippen LogP contribution in [0.3, 0.4) is 0 Å². The highest BCUT2D eigenvalue weighted by molar-refractivity contribution is 5.70. The van der Waals surface area contributed by atoms with Gasteiger partial charge in [0.05, 0.1) is 11.4 Å². The number of halogens is 1. The number of rotatable bonds is 4. The number of benzene rings is 2. The van der Waals surface area contributed by atoms with Crippen LogP contribution in [-0.4, -0.2) is 13.1 Å². The largest absolute Gasteiger partial charge is 0.377 e. The second-order valence-corrected chi connectivity index (χ2v) is 5.63. The summed E-state index contributed by atoms with van der Waals surface area (Å²) in [5, 5.41) is 3.52. The van der Waals surface area contributed by atoms with Gasteiger partial charge in [0, 0.05) is 19.1 Å². The molecule has 1 saturated heterocycles. The van der Waals surface area contributed by atoms with Crippen molar-refractivity contribution in [1.29, 1.82) is 0 Å². The molecule has 1 aliphatic rings. The highest BCUT2D eigenvalue weighted by atomic mass is 19.1. The van der Waals surface area contributed by atoms with E-state index in [0.717, 1.165) is 24.3 Å². The Morgan fingerprint density at radius 2 is 1.81 bits per heavy atom. The molecule has 0 aliphatic carbocycles. The van der Waals surface area contributed by atoms with E-state index in [9.17, 15) is 4.39 Å². The molecule has 0 saturated carbocycles. The van der Waals surface area contributed by atoms with Crippen LogP contribution < -0.4 is 10.2 Å². The molecular weight excluding hydrogens is 263 g/mol. The Balaban J connectivity index is 1.81. The zero-order valence-electron chi connectivity index (χ0n) is 12.3. The zero-order valence-corrected chi connectivity index (χ0v) is 12.3. The van der Waals surface area contributed by atoms with Crippen LogP contribution in [0.1, 0.15) is 31.4 Å². The van der Waals surface area contributed by atoms with Gasteiger partial charge >= 0.3 is 0 Å². The minimum absolute atomic E-state index is 0.0736. The number of para-hydroxylation sites is 2. The fourth-order valence-corrected chi connectivity index (χ4v) is 2.92. The molecule has 2 aromatic carbocycles. The van der Waals surface area contributed by atoms with Gasteiger partial charge in [-0.1, -0.05) is 24.3 Å². The second kappa shape index (κ2) is 6.17. The summed E-state index contributed by atoms with van der Waals surface area (Å²) in [5.41, 5.74) is 3.33. The third-order valence-electron chi connectivity index (χ3n) is 4.07. The number of nitrogens with zero attached hydrogens (tertiary/aromatic N) is 1. The van der Waals surface area contributed by atoms with Crippen LogP contribution in [0.5, 0.6) is 0 Å². The maximum Gasteiger partial charge on any atom is 0.123 e. The van der Waals surface area contributed by atoms with Crippen molar-refractivity contribution in [1.82, 2.24) is 0 Å². The topological polar surface area (TPSA) is 15.3 Å². The van der Waals surface area contributed by atoms with Crippen LogP contribution in [0, 0.1) is 5.82 Å². The lowest BCUT2D eigenvalue weighted by atomic mass is 10.1. The summed E-state index contributed by atoms with van der Waals surface area (Å²) in [4.78, 5) is 2.42. The van der Waals surface area contributed by atoms with Crippen LogP contribution in [0.2, 0.25) is 0 Å². The molecule has 0 amide bonds. The van der Waals surface area contributed by atoms with E-state index in [1.807, 2.05) is 12.1 Å². The molecule has 1 unspecified atom stereocenters. The molecule has 110 valence electrons. The molecule has 0 aromatic heterocycles. The molecule has 21 heavy (non-hydrogen) atoms. The van der Waals surface area contributed by atoms with E-state index < -0.39 is 0 Å². The van der Waals surface area contributed by atoms with Crippen LogP contribution in [-0.2, 0) is 0 Å². The molecule has 0 spiro atoms. The molecule has 1 aliphatic heterocycles. The monoisotopic (exact) mass is 284 g/mol. The van der Waals surface area contributed by atoms with Gasteiger partial charge in [-0.25, -0.2) is 4.39 Å². The molecule has 3 heteroatoms.